The first kappa shape index (κ1) is 17.9. The Morgan fingerprint density at radius 2 is 1.62 bits per heavy atom. The van der Waals surface area contributed by atoms with Crippen LogP contribution in [0.15, 0.2) is 60.7 Å². The highest BCUT2D eigenvalue weighted by molar-refractivity contribution is 5.76. The van der Waals surface area contributed by atoms with E-state index in [1.54, 1.807) is 6.92 Å². The van der Waals surface area contributed by atoms with Crippen molar-refractivity contribution in [3.05, 3.63) is 71.8 Å². The zero-order chi connectivity index (χ0) is 17.2. The van der Waals surface area contributed by atoms with Crippen LogP contribution in [0.4, 0.5) is 0 Å². The highest BCUT2D eigenvalue weighted by Crippen LogP contribution is 2.09. The van der Waals surface area contributed by atoms with E-state index in [1.807, 2.05) is 66.9 Å². The molecule has 2 aromatic carbocycles. The van der Waals surface area contributed by atoms with E-state index in [1.165, 1.54) is 0 Å². The third-order valence-corrected chi connectivity index (χ3v) is 3.70. The summed E-state index contributed by atoms with van der Waals surface area (Å²) in [6.45, 7) is 1.90. The van der Waals surface area contributed by atoms with Crippen molar-refractivity contribution in [1.82, 2.24) is 5.32 Å². The maximum atomic E-state index is 12.4. The van der Waals surface area contributed by atoms with E-state index >= 15 is 0 Å². The number of hydrogen-bond acceptors (Lipinski definition) is 4. The molecule has 1 N–H and O–H groups in total. The topological polar surface area (TPSA) is 55.4 Å². The predicted octanol–water partition coefficient (Wildman–Crippen LogP) is 2.82. The molecule has 0 saturated heterocycles. The summed E-state index contributed by atoms with van der Waals surface area (Å²) in [4.78, 5) is 23.2. The van der Waals surface area contributed by atoms with Crippen LogP contribution in [0.25, 0.3) is 0 Å². The number of benzene rings is 2. The molecule has 0 aliphatic carbocycles. The first-order valence-corrected chi connectivity index (χ1v) is 8.07. The zero-order valence-electron chi connectivity index (χ0n) is 13.8. The number of hydrogen-bond donors (Lipinski definition) is 1. The fourth-order valence-electron chi connectivity index (χ4n) is 2.39. The molecule has 0 fully saturated rings. The maximum Gasteiger partial charge on any atom is 0.323 e. The van der Waals surface area contributed by atoms with Gasteiger partial charge in [0.1, 0.15) is 12.6 Å². The molecule has 1 unspecified atom stereocenters. The number of ether oxygens (including phenoxy) is 1. The van der Waals surface area contributed by atoms with Crippen LogP contribution >= 0.6 is 0 Å². The van der Waals surface area contributed by atoms with Crippen molar-refractivity contribution < 1.29 is 14.3 Å². The van der Waals surface area contributed by atoms with Crippen LogP contribution < -0.4 is 5.32 Å². The van der Waals surface area contributed by atoms with Gasteiger partial charge in [0, 0.05) is 0 Å². The van der Waals surface area contributed by atoms with Crippen molar-refractivity contribution in [3.8, 4) is 0 Å². The van der Waals surface area contributed by atoms with E-state index in [0.717, 1.165) is 17.5 Å². The minimum absolute atomic E-state index is 0.225. The molecule has 2 aromatic rings. The predicted molar refractivity (Wildman–Crippen MR) is 93.1 cm³/mol. The van der Waals surface area contributed by atoms with E-state index < -0.39 is 12.1 Å². The molecular weight excluding hydrogens is 302 g/mol. The highest BCUT2D eigenvalue weighted by atomic mass is 16.5. The van der Waals surface area contributed by atoms with Gasteiger partial charge < -0.3 is 4.74 Å². The van der Waals surface area contributed by atoms with Gasteiger partial charge in [0.2, 0.25) is 6.29 Å². The molecule has 4 heteroatoms. The molecule has 0 aliphatic rings. The molecule has 0 aromatic heterocycles. The van der Waals surface area contributed by atoms with E-state index in [-0.39, 0.29) is 12.6 Å². The molecule has 2 rings (SSSR count). The van der Waals surface area contributed by atoms with Gasteiger partial charge in [-0.05, 0) is 30.9 Å². The van der Waals surface area contributed by atoms with Crippen molar-refractivity contribution in [1.29, 1.82) is 0 Å². The standard InChI is InChI=1S/C20H22NO3/c1-16(14-22)21-19(13-12-17-8-4-2-5-9-17)20(23)24-15-18-10-6-3-7-11-18/h2-11,16,19,21H,12-13,15H2,1H3/t16-,19?/m0/s1. The Bertz CT molecular complexity index is 628. The van der Waals surface area contributed by atoms with Crippen LogP contribution in [0, 0.1) is 0 Å². The lowest BCUT2D eigenvalue weighted by atomic mass is 10.0. The summed E-state index contributed by atoms with van der Waals surface area (Å²) in [6.07, 6.45) is 3.14. The van der Waals surface area contributed by atoms with Crippen LogP contribution in [0.2, 0.25) is 0 Å². The van der Waals surface area contributed by atoms with Crippen LogP contribution in [0.5, 0.6) is 0 Å². The third-order valence-electron chi connectivity index (χ3n) is 3.70. The van der Waals surface area contributed by atoms with Crippen LogP contribution in [0.3, 0.4) is 0 Å². The number of esters is 1. The lowest BCUT2D eigenvalue weighted by Crippen LogP contribution is -2.44. The SMILES string of the molecule is C[C@@H]([C]=O)NC(CCc1ccccc1)C(=O)OCc1ccccc1. The second kappa shape index (κ2) is 9.63. The van der Waals surface area contributed by atoms with Gasteiger partial charge in [0.05, 0.1) is 6.04 Å². The Kier molecular flexibility index (Phi) is 7.18. The van der Waals surface area contributed by atoms with Crippen molar-refractivity contribution in [2.75, 3.05) is 0 Å². The Labute approximate surface area is 142 Å². The van der Waals surface area contributed by atoms with Crippen LogP contribution in [-0.2, 0) is 27.4 Å². The number of carbonyl (C=O) groups is 1. The summed E-state index contributed by atoms with van der Waals surface area (Å²) >= 11 is 0. The van der Waals surface area contributed by atoms with Gasteiger partial charge in [0.25, 0.3) is 0 Å². The summed E-state index contributed by atoms with van der Waals surface area (Å²) in [5.74, 6) is -0.350. The quantitative estimate of drug-likeness (QED) is 0.721. The van der Waals surface area contributed by atoms with Crippen molar-refractivity contribution in [2.24, 2.45) is 0 Å². The Morgan fingerprint density at radius 3 is 2.21 bits per heavy atom. The molecule has 1 radical (unpaired) electrons. The summed E-state index contributed by atoms with van der Waals surface area (Å²) < 4.78 is 5.39. The smallest absolute Gasteiger partial charge is 0.323 e. The van der Waals surface area contributed by atoms with Gasteiger partial charge in [-0.15, -0.1) is 0 Å². The van der Waals surface area contributed by atoms with Crippen LogP contribution in [0.1, 0.15) is 24.5 Å². The third kappa shape index (κ3) is 5.97. The molecule has 2 atom stereocenters. The van der Waals surface area contributed by atoms with Gasteiger partial charge in [0.15, 0.2) is 0 Å². The molecule has 0 bridgehead atoms. The minimum atomic E-state index is -0.537. The van der Waals surface area contributed by atoms with Gasteiger partial charge in [-0.25, -0.2) is 0 Å². The monoisotopic (exact) mass is 324 g/mol. The second-order valence-corrected chi connectivity index (χ2v) is 5.68. The van der Waals surface area contributed by atoms with Crippen LogP contribution in [-0.4, -0.2) is 24.3 Å². The second-order valence-electron chi connectivity index (χ2n) is 5.68. The van der Waals surface area contributed by atoms with Crippen molar-refractivity contribution in [3.63, 3.8) is 0 Å². The van der Waals surface area contributed by atoms with E-state index in [0.29, 0.717) is 6.42 Å². The van der Waals surface area contributed by atoms with E-state index in [2.05, 4.69) is 5.32 Å². The summed E-state index contributed by atoms with van der Waals surface area (Å²) in [5.41, 5.74) is 2.07. The normalized spacial score (nSPS) is 13.0. The molecule has 0 saturated carbocycles. The van der Waals surface area contributed by atoms with Gasteiger partial charge >= 0.3 is 5.97 Å². The largest absolute Gasteiger partial charge is 0.460 e. The summed E-state index contributed by atoms with van der Waals surface area (Å²) in [7, 11) is 0. The minimum Gasteiger partial charge on any atom is -0.460 e. The summed E-state index contributed by atoms with van der Waals surface area (Å²) in [6, 6.07) is 18.4. The average Bonchev–Trinajstić information content (AvgIpc) is 2.64. The number of carbonyl (C=O) groups excluding carboxylic acids is 2. The lowest BCUT2D eigenvalue weighted by molar-refractivity contribution is -0.147. The van der Waals surface area contributed by atoms with Crippen molar-refractivity contribution >= 4 is 12.3 Å². The fourth-order valence-corrected chi connectivity index (χ4v) is 2.39. The first-order chi connectivity index (χ1) is 11.7. The lowest BCUT2D eigenvalue weighted by Gasteiger charge is -2.19. The van der Waals surface area contributed by atoms with Crippen molar-refractivity contribution in [2.45, 2.75) is 38.5 Å². The maximum absolute atomic E-state index is 12.4. The fraction of sp³-hybridized carbons (Fsp3) is 0.300. The molecule has 0 spiro atoms. The van der Waals surface area contributed by atoms with E-state index in [9.17, 15) is 9.59 Å². The number of nitrogens with one attached hydrogen (secondary N) is 1. The zero-order valence-corrected chi connectivity index (χ0v) is 13.8. The Hall–Kier alpha value is -2.46. The Morgan fingerprint density at radius 1 is 1.04 bits per heavy atom. The van der Waals surface area contributed by atoms with Gasteiger partial charge in [-0.3, -0.25) is 14.9 Å². The van der Waals surface area contributed by atoms with Gasteiger partial charge in [-0.2, -0.15) is 0 Å². The molecule has 125 valence electrons. The average molecular weight is 324 g/mol. The molecule has 0 aliphatic heterocycles. The molecular formula is C20H22NO3. The van der Waals surface area contributed by atoms with E-state index in [4.69, 9.17) is 4.74 Å². The molecule has 4 nitrogen and oxygen atoms in total. The first-order valence-electron chi connectivity index (χ1n) is 8.07. The number of aryl methyl sites for hydroxylation is 1. The van der Waals surface area contributed by atoms with Gasteiger partial charge in [-0.1, -0.05) is 60.7 Å². The highest BCUT2D eigenvalue weighted by Gasteiger charge is 2.22. The molecule has 24 heavy (non-hydrogen) atoms. The summed E-state index contributed by atoms with van der Waals surface area (Å²) in [5, 5.41) is 2.97. The molecule has 0 heterocycles. The number of rotatable bonds is 9. The molecule has 0 amide bonds. The Balaban J connectivity index is 1.93.